The van der Waals surface area contributed by atoms with E-state index in [9.17, 15) is 17.6 Å². The van der Waals surface area contributed by atoms with Gasteiger partial charge in [0, 0.05) is 34.1 Å². The van der Waals surface area contributed by atoms with Crippen molar-refractivity contribution in [1.29, 1.82) is 10.5 Å². The number of hydrogen-bond donors (Lipinski definition) is 0. The van der Waals surface area contributed by atoms with E-state index in [4.69, 9.17) is 23.7 Å². The second kappa shape index (κ2) is 19.1. The Morgan fingerprint density at radius 1 is 0.411 bits per heavy atom. The number of benzene rings is 9. The van der Waals surface area contributed by atoms with Gasteiger partial charge in [0.1, 0.15) is 36.1 Å². The maximum absolute atomic E-state index is 13.6. The fourth-order valence-electron chi connectivity index (χ4n) is 10.3. The molecule has 10 heteroatoms. The van der Waals surface area contributed by atoms with Gasteiger partial charge in [-0.3, -0.25) is 0 Å². The number of rotatable bonds is 6. The molecule has 0 N–H and O–H groups in total. The Kier molecular flexibility index (Phi) is 12.2. The highest BCUT2D eigenvalue weighted by Gasteiger charge is 2.52. The van der Waals surface area contributed by atoms with E-state index in [0.717, 1.165) is 46.3 Å². The molecule has 9 aromatic carbocycles. The van der Waals surface area contributed by atoms with Crippen molar-refractivity contribution in [2.45, 2.75) is 19.3 Å². The van der Waals surface area contributed by atoms with Crippen LogP contribution < -0.4 is 20.2 Å². The summed E-state index contributed by atoms with van der Waals surface area (Å²) < 4.78 is 54.6. The van der Waals surface area contributed by atoms with Crippen LogP contribution in [0.25, 0.3) is 43.3 Å². The third-order valence-electron chi connectivity index (χ3n) is 13.3. The van der Waals surface area contributed by atoms with Crippen molar-refractivity contribution in [3.63, 3.8) is 0 Å². The van der Waals surface area contributed by atoms with Crippen LogP contribution in [0.1, 0.15) is 33.4 Å². The van der Waals surface area contributed by atoms with Crippen LogP contribution >= 0.6 is 0 Å². The molecule has 0 fully saturated rings. The minimum Gasteiger partial charge on any atom is -0.310 e. The summed E-state index contributed by atoms with van der Waals surface area (Å²) in [5, 5.41) is 14.0. The molecule has 2 aliphatic rings. The molecule has 11 rings (SSSR count). The molecule has 0 heterocycles. The van der Waals surface area contributed by atoms with E-state index >= 15 is 0 Å². The normalized spacial score (nSPS) is 11.8. The first-order valence-electron chi connectivity index (χ1n) is 23.0. The summed E-state index contributed by atoms with van der Waals surface area (Å²) in [7, 11) is 0. The third kappa shape index (κ3) is 7.72. The average molecular weight is 955 g/mol. The molecule has 73 heavy (non-hydrogen) atoms. The number of nitriles is 2. The van der Waals surface area contributed by atoms with E-state index in [0.29, 0.717) is 0 Å². The Labute approximate surface area is 419 Å². The molecule has 6 nitrogen and oxygen atoms in total. The number of aryl methyl sites for hydroxylation is 2. The van der Waals surface area contributed by atoms with E-state index in [1.807, 2.05) is 0 Å². The summed E-state index contributed by atoms with van der Waals surface area (Å²) in [5.41, 5.74) is 18.1. The lowest BCUT2D eigenvalue weighted by molar-refractivity contribution is 0.434. The van der Waals surface area contributed by atoms with Crippen molar-refractivity contribution >= 4 is 45.5 Å². The van der Waals surface area contributed by atoms with Crippen molar-refractivity contribution in [2.75, 3.05) is 9.80 Å². The van der Waals surface area contributed by atoms with Gasteiger partial charge in [0.2, 0.25) is 0 Å². The van der Waals surface area contributed by atoms with Gasteiger partial charge in [-0.15, -0.1) is 0 Å². The zero-order valence-corrected chi connectivity index (χ0v) is 39.2. The Balaban J connectivity index is 0.000000259. The van der Waals surface area contributed by atoms with Gasteiger partial charge in [0.25, 0.3) is 0 Å². The predicted octanol–water partition coefficient (Wildman–Crippen LogP) is 14.9. The minimum absolute atomic E-state index is 0.506. The molecule has 0 atom stereocenters. The standard InChI is InChI=1S/C51H38N2.C12F4N4/c1-35-15-13-21-39(31-35)52(37-17-5-3-6-18-37)41-27-29-45-46-30-28-42(53(38-19-7-4-8-20-38)40-22-14-16-36(2)32-40)34-50(46)51(49(45)33-41)47-25-11-9-23-43(47)44-24-10-12-26-48(44)51;1-19-12(20-2)7-10(15)8(13)6(5(3-17)4-18)9(14)11(7)16/h3-34H,1-2H3;. The van der Waals surface area contributed by atoms with Crippen LogP contribution in [0.15, 0.2) is 194 Å². The average Bonchev–Trinajstić information content (AvgIpc) is 3.88. The van der Waals surface area contributed by atoms with Gasteiger partial charge in [-0.1, -0.05) is 121 Å². The molecule has 9 aromatic rings. The summed E-state index contributed by atoms with van der Waals surface area (Å²) >= 11 is 0. The van der Waals surface area contributed by atoms with Crippen molar-refractivity contribution in [2.24, 2.45) is 0 Å². The first-order valence-corrected chi connectivity index (χ1v) is 23.0. The van der Waals surface area contributed by atoms with E-state index in [1.54, 1.807) is 0 Å². The molecule has 348 valence electrons. The van der Waals surface area contributed by atoms with E-state index in [1.165, 1.54) is 55.6 Å². The van der Waals surface area contributed by atoms with Crippen LogP contribution in [0.3, 0.4) is 0 Å². The molecule has 0 saturated carbocycles. The van der Waals surface area contributed by atoms with Crippen molar-refractivity contribution in [3.05, 3.63) is 284 Å². The third-order valence-corrected chi connectivity index (χ3v) is 13.3. The quantitative estimate of drug-likeness (QED) is 0.0946. The zero-order chi connectivity index (χ0) is 51.0. The van der Waals surface area contributed by atoms with E-state index in [-0.39, 0.29) is 0 Å². The van der Waals surface area contributed by atoms with E-state index < -0.39 is 50.5 Å². The number of hydrogen-bond acceptors (Lipinski definition) is 4. The Morgan fingerprint density at radius 2 is 0.767 bits per heavy atom. The van der Waals surface area contributed by atoms with Gasteiger partial charge in [0.05, 0.1) is 10.6 Å². The molecule has 0 saturated heterocycles. The van der Waals surface area contributed by atoms with Crippen LogP contribution in [0.5, 0.6) is 0 Å². The largest absolute Gasteiger partial charge is 0.532 e. The zero-order valence-electron chi connectivity index (χ0n) is 39.2. The molecule has 0 aromatic heterocycles. The number of para-hydroxylation sites is 2. The van der Waals surface area contributed by atoms with Gasteiger partial charge < -0.3 is 9.80 Å². The molecular formula is C63H38F4N6. The van der Waals surface area contributed by atoms with Crippen LogP contribution in [0, 0.1) is 72.9 Å². The van der Waals surface area contributed by atoms with E-state index in [2.05, 4.69) is 227 Å². The van der Waals surface area contributed by atoms with Crippen LogP contribution in [0.4, 0.5) is 51.7 Å². The smallest absolute Gasteiger partial charge is 0.310 e. The van der Waals surface area contributed by atoms with Crippen molar-refractivity contribution in [1.82, 2.24) is 0 Å². The lowest BCUT2D eigenvalue weighted by atomic mass is 9.70. The Hall–Kier alpha value is -10.0. The molecule has 0 aliphatic heterocycles. The number of halogens is 4. The fourth-order valence-corrected chi connectivity index (χ4v) is 10.3. The molecule has 0 unspecified atom stereocenters. The number of anilines is 6. The SMILES string of the molecule is Cc1cccc(N(c2ccccc2)c2ccc3c(c2)C2(c4ccccc4-c4ccccc42)c2cc(N(c4ccccc4)c4cccc(C)c4)ccc2-3)c1.[C-]#[N+]C([N+]#[C-])=c1c(F)c(F)c(=C(C#N)C#N)c(F)c1F. The molecule has 1 spiro atoms. The fraction of sp³-hybridized carbons (Fsp3) is 0.0476. The second-order valence-corrected chi connectivity index (χ2v) is 17.5. The maximum atomic E-state index is 13.6. The summed E-state index contributed by atoms with van der Waals surface area (Å²) in [5.74, 6) is -9.25. The highest BCUT2D eigenvalue weighted by Crippen LogP contribution is 2.64. The monoisotopic (exact) mass is 954 g/mol. The van der Waals surface area contributed by atoms with Gasteiger partial charge in [-0.05, 0) is 142 Å². The van der Waals surface area contributed by atoms with Crippen LogP contribution in [0.2, 0.25) is 0 Å². The first-order chi connectivity index (χ1) is 35.5. The second-order valence-electron chi connectivity index (χ2n) is 17.5. The van der Waals surface area contributed by atoms with Gasteiger partial charge in [-0.25, -0.2) is 17.6 Å². The number of fused-ring (bicyclic) bond motifs is 10. The lowest BCUT2D eigenvalue weighted by Gasteiger charge is -2.33. The summed E-state index contributed by atoms with van der Waals surface area (Å²) in [6.45, 7) is 17.4. The van der Waals surface area contributed by atoms with Gasteiger partial charge >= 0.3 is 5.82 Å². The highest BCUT2D eigenvalue weighted by molar-refractivity contribution is 5.97. The topological polar surface area (TPSA) is 62.8 Å². The summed E-state index contributed by atoms with van der Waals surface area (Å²) in [6.07, 6.45) is 0. The van der Waals surface area contributed by atoms with Gasteiger partial charge in [0.15, 0.2) is 23.3 Å². The molecular weight excluding hydrogens is 917 g/mol. The lowest BCUT2D eigenvalue weighted by Crippen LogP contribution is -2.30. The predicted molar refractivity (Wildman–Crippen MR) is 278 cm³/mol. The highest BCUT2D eigenvalue weighted by atomic mass is 19.2. The molecule has 0 radical (unpaired) electrons. The number of nitrogens with zero attached hydrogens (tertiary/aromatic N) is 6. The Bertz CT molecular complexity index is 3680. The molecule has 0 amide bonds. The summed E-state index contributed by atoms with van der Waals surface area (Å²) in [6, 6.07) is 73.7. The Morgan fingerprint density at radius 3 is 1.16 bits per heavy atom. The van der Waals surface area contributed by atoms with Crippen LogP contribution in [-0.4, -0.2) is 0 Å². The summed E-state index contributed by atoms with van der Waals surface area (Å²) in [4.78, 5) is 9.72. The molecule has 0 bridgehead atoms. The molecule has 2 aliphatic carbocycles. The maximum Gasteiger partial charge on any atom is 0.532 e. The van der Waals surface area contributed by atoms with Crippen molar-refractivity contribution in [3.8, 4) is 34.4 Å². The first kappa shape index (κ1) is 46.7. The van der Waals surface area contributed by atoms with Crippen LogP contribution in [-0.2, 0) is 5.41 Å². The van der Waals surface area contributed by atoms with Crippen molar-refractivity contribution < 1.29 is 17.6 Å². The van der Waals surface area contributed by atoms with Gasteiger partial charge in [-0.2, -0.15) is 20.2 Å². The minimum atomic E-state index is -2.01.